The molecule has 2 aromatic carbocycles. The molecule has 12 heteroatoms. The molecule has 208 valence electrons. The van der Waals surface area contributed by atoms with Gasteiger partial charge in [-0.1, -0.05) is 18.2 Å². The van der Waals surface area contributed by atoms with E-state index in [-0.39, 0.29) is 28.5 Å². The van der Waals surface area contributed by atoms with Gasteiger partial charge in [0, 0.05) is 53.7 Å². The molecule has 3 aromatic heterocycles. The van der Waals surface area contributed by atoms with E-state index in [4.69, 9.17) is 4.74 Å². The summed E-state index contributed by atoms with van der Waals surface area (Å²) >= 11 is 0. The van der Waals surface area contributed by atoms with Crippen LogP contribution in [0, 0.1) is 10.1 Å². The third-order valence-corrected chi connectivity index (χ3v) is 8.11. The topological polar surface area (TPSA) is 139 Å². The highest BCUT2D eigenvalue weighted by atomic mass is 32.2. The Labute approximate surface area is 235 Å². The highest BCUT2D eigenvalue weighted by Gasteiger charge is 2.26. The third-order valence-electron chi connectivity index (χ3n) is 6.37. The van der Waals surface area contributed by atoms with Gasteiger partial charge in [-0.2, -0.15) is 5.10 Å². The lowest BCUT2D eigenvalue weighted by molar-refractivity contribution is -0.384. The van der Waals surface area contributed by atoms with Crippen molar-refractivity contribution in [3.8, 4) is 22.4 Å². The fourth-order valence-corrected chi connectivity index (χ4v) is 5.95. The number of nitro benzene ring substituents is 1. The van der Waals surface area contributed by atoms with E-state index >= 15 is 0 Å². The van der Waals surface area contributed by atoms with Crippen LogP contribution in [-0.4, -0.2) is 44.7 Å². The van der Waals surface area contributed by atoms with Crippen LogP contribution in [0.2, 0.25) is 0 Å². The number of carbonyl (C=O) groups is 1. The summed E-state index contributed by atoms with van der Waals surface area (Å²) < 4.78 is 35.6. The Kier molecular flexibility index (Phi) is 7.49. The van der Waals surface area contributed by atoms with E-state index < -0.39 is 20.9 Å². The number of aryl methyl sites for hydroxylation is 1. The van der Waals surface area contributed by atoms with Crippen LogP contribution in [0.3, 0.4) is 0 Å². The molecule has 0 aliphatic heterocycles. The van der Waals surface area contributed by atoms with Crippen molar-refractivity contribution in [2.45, 2.75) is 25.3 Å². The van der Waals surface area contributed by atoms with Crippen LogP contribution in [-0.2, 0) is 26.1 Å². The molecule has 0 spiro atoms. The van der Waals surface area contributed by atoms with Crippen molar-refractivity contribution >= 4 is 38.8 Å². The minimum Gasteiger partial charge on any atom is -0.463 e. The highest BCUT2D eigenvalue weighted by Crippen LogP contribution is 2.37. The van der Waals surface area contributed by atoms with Crippen LogP contribution in [0.4, 0.5) is 5.69 Å². The summed E-state index contributed by atoms with van der Waals surface area (Å²) in [5.41, 5.74) is 2.88. The van der Waals surface area contributed by atoms with Crippen molar-refractivity contribution < 1.29 is 22.9 Å². The van der Waals surface area contributed by atoms with E-state index in [1.165, 1.54) is 42.6 Å². The number of esters is 1. The van der Waals surface area contributed by atoms with Crippen molar-refractivity contribution in [2.24, 2.45) is 0 Å². The molecule has 0 amide bonds. The first-order valence-corrected chi connectivity index (χ1v) is 14.2. The van der Waals surface area contributed by atoms with Crippen LogP contribution >= 0.6 is 0 Å². The molecule has 0 unspecified atom stereocenters. The number of ether oxygens (including phenoxy) is 1. The lowest BCUT2D eigenvalue weighted by Gasteiger charge is -2.10. The van der Waals surface area contributed by atoms with Crippen molar-refractivity contribution in [3.05, 3.63) is 101 Å². The van der Waals surface area contributed by atoms with Gasteiger partial charge in [0.2, 0.25) is 0 Å². The Hall–Kier alpha value is -5.10. The van der Waals surface area contributed by atoms with Crippen molar-refractivity contribution in [1.82, 2.24) is 18.7 Å². The zero-order valence-electron chi connectivity index (χ0n) is 22.2. The molecule has 0 saturated heterocycles. The summed E-state index contributed by atoms with van der Waals surface area (Å²) in [6.07, 6.45) is 5.90. The van der Waals surface area contributed by atoms with Crippen molar-refractivity contribution in [3.63, 3.8) is 0 Å². The summed E-state index contributed by atoms with van der Waals surface area (Å²) in [5.74, 6) is -0.612. The molecule has 0 aliphatic carbocycles. The zero-order chi connectivity index (χ0) is 29.1. The van der Waals surface area contributed by atoms with Crippen LogP contribution in [0.15, 0.2) is 90.1 Å². The van der Waals surface area contributed by atoms with Crippen molar-refractivity contribution in [2.75, 3.05) is 6.61 Å². The first kappa shape index (κ1) is 27.5. The molecular formula is C29H25N5O6S. The highest BCUT2D eigenvalue weighted by molar-refractivity contribution is 7.90. The lowest BCUT2D eigenvalue weighted by atomic mass is 10.00. The average molecular weight is 572 g/mol. The van der Waals surface area contributed by atoms with E-state index in [0.717, 1.165) is 3.97 Å². The smallest absolute Gasteiger partial charge is 0.330 e. The Morgan fingerprint density at radius 2 is 1.78 bits per heavy atom. The number of pyridine rings is 1. The summed E-state index contributed by atoms with van der Waals surface area (Å²) in [5, 5.41) is 16.4. The van der Waals surface area contributed by atoms with E-state index in [9.17, 15) is 23.3 Å². The van der Waals surface area contributed by atoms with Gasteiger partial charge in [0.1, 0.15) is 5.69 Å². The van der Waals surface area contributed by atoms with E-state index in [1.54, 1.807) is 54.1 Å². The predicted octanol–water partition coefficient (Wildman–Crippen LogP) is 5.31. The molecule has 0 N–H and O–H groups in total. The van der Waals surface area contributed by atoms with Crippen LogP contribution < -0.4 is 0 Å². The van der Waals surface area contributed by atoms with E-state index in [0.29, 0.717) is 34.3 Å². The standard InChI is InChI=1S/C29H25N5O6S/c1-3-32-19-26(28(31-32)20-10-12-21(13-11-20)34(36)37)24-16-17-30-29-25(24)18-22(14-15-27(35)40-4-2)33(29)41(38,39)23-8-6-5-7-9-23/h5-19H,3-4H2,1-2H3/b15-14+. The largest absolute Gasteiger partial charge is 0.463 e. The van der Waals surface area contributed by atoms with Crippen LogP contribution in [0.5, 0.6) is 0 Å². The number of nitrogens with zero attached hydrogens (tertiary/aromatic N) is 5. The second-order valence-corrected chi connectivity index (χ2v) is 10.7. The summed E-state index contributed by atoms with van der Waals surface area (Å²) in [6, 6.07) is 17.4. The molecule has 0 bridgehead atoms. The maximum Gasteiger partial charge on any atom is 0.330 e. The van der Waals surface area contributed by atoms with Gasteiger partial charge in [-0.25, -0.2) is 22.2 Å². The van der Waals surface area contributed by atoms with E-state index in [2.05, 4.69) is 10.1 Å². The Balaban J connectivity index is 1.75. The summed E-state index contributed by atoms with van der Waals surface area (Å²) in [4.78, 5) is 27.3. The van der Waals surface area contributed by atoms with Gasteiger partial charge < -0.3 is 4.74 Å². The molecule has 3 heterocycles. The number of nitro groups is 1. The quantitative estimate of drug-likeness (QED) is 0.100. The number of non-ortho nitro benzene ring substituents is 1. The number of benzene rings is 2. The summed E-state index contributed by atoms with van der Waals surface area (Å²) in [6.45, 7) is 4.34. The zero-order valence-corrected chi connectivity index (χ0v) is 23.0. The Morgan fingerprint density at radius 1 is 1.05 bits per heavy atom. The summed E-state index contributed by atoms with van der Waals surface area (Å²) in [7, 11) is -4.12. The van der Waals surface area contributed by atoms with Gasteiger partial charge in [0.05, 0.1) is 22.1 Å². The number of aromatic nitrogens is 4. The molecule has 0 saturated carbocycles. The molecule has 0 radical (unpaired) electrons. The first-order valence-electron chi connectivity index (χ1n) is 12.7. The number of hydrogen-bond donors (Lipinski definition) is 0. The molecule has 5 rings (SSSR count). The van der Waals surface area contributed by atoms with Gasteiger partial charge in [-0.05, 0) is 61.9 Å². The SMILES string of the molecule is CCOC(=O)/C=C/c1cc2c(-c3cn(CC)nc3-c3ccc([N+](=O)[O-])cc3)ccnc2n1S(=O)(=O)c1ccccc1. The normalized spacial score (nSPS) is 11.8. The predicted molar refractivity (Wildman–Crippen MR) is 153 cm³/mol. The Morgan fingerprint density at radius 3 is 2.44 bits per heavy atom. The molecule has 0 atom stereocenters. The number of fused-ring (bicyclic) bond motifs is 1. The number of hydrogen-bond acceptors (Lipinski definition) is 8. The second kappa shape index (κ2) is 11.2. The van der Waals surface area contributed by atoms with E-state index in [1.807, 2.05) is 13.1 Å². The number of carbonyl (C=O) groups excluding carboxylic acids is 1. The lowest BCUT2D eigenvalue weighted by Crippen LogP contribution is -2.15. The number of rotatable bonds is 9. The molecular weight excluding hydrogens is 546 g/mol. The monoisotopic (exact) mass is 571 g/mol. The minimum absolute atomic E-state index is 0.0438. The fraction of sp³-hybridized carbons (Fsp3) is 0.138. The third kappa shape index (κ3) is 5.24. The van der Waals surface area contributed by atoms with Gasteiger partial charge in [0.25, 0.3) is 15.7 Å². The van der Waals surface area contributed by atoms with Crippen LogP contribution in [0.25, 0.3) is 39.5 Å². The second-order valence-electron chi connectivity index (χ2n) is 8.88. The van der Waals surface area contributed by atoms with Gasteiger partial charge >= 0.3 is 5.97 Å². The fourth-order valence-electron chi connectivity index (χ4n) is 4.47. The molecule has 0 aliphatic rings. The van der Waals surface area contributed by atoms with Gasteiger partial charge in [-0.15, -0.1) is 0 Å². The van der Waals surface area contributed by atoms with Gasteiger partial charge in [-0.3, -0.25) is 14.8 Å². The van der Waals surface area contributed by atoms with Gasteiger partial charge in [0.15, 0.2) is 5.65 Å². The first-order chi connectivity index (χ1) is 19.7. The van der Waals surface area contributed by atoms with Crippen molar-refractivity contribution in [1.29, 1.82) is 0 Å². The Bertz CT molecular complexity index is 1890. The maximum absolute atomic E-state index is 13.9. The molecule has 41 heavy (non-hydrogen) atoms. The average Bonchev–Trinajstić information content (AvgIpc) is 3.59. The molecule has 5 aromatic rings. The maximum atomic E-state index is 13.9. The molecule has 11 nitrogen and oxygen atoms in total. The van der Waals surface area contributed by atoms with Crippen LogP contribution in [0.1, 0.15) is 19.5 Å². The molecule has 0 fully saturated rings. The minimum atomic E-state index is -4.12.